The molecule has 5 N–H and O–H groups in total. The van der Waals surface area contributed by atoms with E-state index in [9.17, 15) is 0 Å². The van der Waals surface area contributed by atoms with Gasteiger partial charge in [-0.2, -0.15) is 0 Å². The molecule has 0 spiro atoms. The van der Waals surface area contributed by atoms with E-state index < -0.39 is 0 Å². The van der Waals surface area contributed by atoms with Crippen molar-refractivity contribution in [3.63, 3.8) is 0 Å². The van der Waals surface area contributed by atoms with E-state index in [0.29, 0.717) is 31.9 Å². The summed E-state index contributed by atoms with van der Waals surface area (Å²) in [6, 6.07) is 1.89. The van der Waals surface area contributed by atoms with E-state index in [1.807, 2.05) is 0 Å². The van der Waals surface area contributed by atoms with Crippen molar-refractivity contribution in [2.75, 3.05) is 73.9 Å². The molecule has 2 rings (SSSR count). The second-order valence-electron chi connectivity index (χ2n) is 8.14. The summed E-state index contributed by atoms with van der Waals surface area (Å²) in [5.74, 6) is 0. The molecule has 0 bridgehead atoms. The molecule has 31 heavy (non-hydrogen) atoms. The van der Waals surface area contributed by atoms with Gasteiger partial charge in [0, 0.05) is 84.3 Å². The number of nitrogens with one attached hydrogen (secondary N) is 5. The second kappa shape index (κ2) is 20.2. The first kappa shape index (κ1) is 29.8. The first-order valence-electron chi connectivity index (χ1n) is 11.2. The zero-order valence-corrected chi connectivity index (χ0v) is 21.9. The average molecular weight is 527 g/mol. The van der Waals surface area contributed by atoms with Crippen LogP contribution in [0.3, 0.4) is 0 Å². The first-order valence-corrected chi connectivity index (χ1v) is 14.4. The summed E-state index contributed by atoms with van der Waals surface area (Å²) in [4.78, 5) is 0. The van der Waals surface area contributed by atoms with Crippen molar-refractivity contribution in [3.05, 3.63) is 0 Å². The Morgan fingerprint density at radius 3 is 1.52 bits per heavy atom. The zero-order valence-electron chi connectivity index (χ0n) is 19.2. The molecule has 5 atom stereocenters. The number of methoxy groups -OCH3 is 3. The van der Waals surface area contributed by atoms with Gasteiger partial charge >= 0.3 is 33.3 Å². The second-order valence-corrected chi connectivity index (χ2v) is 10.1. The van der Waals surface area contributed by atoms with Gasteiger partial charge in [-0.15, -0.1) is 0 Å². The maximum absolute atomic E-state index is 5.45. The van der Waals surface area contributed by atoms with Gasteiger partial charge in [-0.05, 0) is 12.8 Å². The molecule has 1 aliphatic carbocycles. The van der Waals surface area contributed by atoms with Gasteiger partial charge in [-0.3, -0.25) is 0 Å². The number of fused-ring (bicyclic) bond motifs is 1. The molecule has 2 aliphatic rings. The molecular weight excluding hydrogens is 484 g/mol. The molecule has 0 aromatic carbocycles. The summed E-state index contributed by atoms with van der Waals surface area (Å²) in [6.07, 6.45) is 5.12. The summed E-state index contributed by atoms with van der Waals surface area (Å²) < 4.78 is 16.3. The van der Waals surface area contributed by atoms with Crippen molar-refractivity contribution in [1.29, 1.82) is 0 Å². The molecular formula is C20H43Cl2MnN5O3. The molecule has 0 amide bonds. The van der Waals surface area contributed by atoms with E-state index in [1.54, 1.807) is 21.3 Å². The summed E-state index contributed by atoms with van der Waals surface area (Å²) in [6.45, 7) is 6.60. The van der Waals surface area contributed by atoms with E-state index in [0.717, 1.165) is 32.7 Å². The van der Waals surface area contributed by atoms with Gasteiger partial charge in [0.1, 0.15) is 0 Å². The Morgan fingerprint density at radius 1 is 0.645 bits per heavy atom. The van der Waals surface area contributed by atoms with Crippen LogP contribution in [-0.4, -0.2) is 104 Å². The Labute approximate surface area is 203 Å². The Morgan fingerprint density at radius 2 is 1.03 bits per heavy atom. The predicted octanol–water partition coefficient (Wildman–Crippen LogP) is 0.681. The van der Waals surface area contributed by atoms with Crippen molar-refractivity contribution in [2.24, 2.45) is 0 Å². The van der Waals surface area contributed by atoms with E-state index in [4.69, 9.17) is 34.4 Å². The summed E-state index contributed by atoms with van der Waals surface area (Å²) in [5, 5.41) is 18.5. The molecule has 11 heteroatoms. The van der Waals surface area contributed by atoms with Crippen LogP contribution in [-0.2, 0) is 27.3 Å². The van der Waals surface area contributed by atoms with Crippen LogP contribution in [0.5, 0.6) is 0 Å². The van der Waals surface area contributed by atoms with Crippen molar-refractivity contribution in [3.8, 4) is 0 Å². The van der Waals surface area contributed by atoms with Gasteiger partial charge in [0.05, 0.1) is 19.8 Å². The number of hydrogen-bond acceptors (Lipinski definition) is 8. The molecule has 1 saturated carbocycles. The molecule has 0 aromatic rings. The Balaban J connectivity index is 0.00000151. The molecule has 187 valence electrons. The fraction of sp³-hybridized carbons (Fsp3) is 1.00. The minimum atomic E-state index is 0.00694. The van der Waals surface area contributed by atoms with Crippen LogP contribution in [0.1, 0.15) is 25.7 Å². The molecule has 8 nitrogen and oxygen atoms in total. The van der Waals surface area contributed by atoms with E-state index >= 15 is 0 Å². The number of ether oxygens (including phenoxy) is 3. The van der Waals surface area contributed by atoms with Gasteiger partial charge < -0.3 is 40.8 Å². The van der Waals surface area contributed by atoms with Gasteiger partial charge in [0.15, 0.2) is 0 Å². The van der Waals surface area contributed by atoms with Gasteiger partial charge in [-0.25, -0.2) is 0 Å². The minimum absolute atomic E-state index is 0.00694. The van der Waals surface area contributed by atoms with Crippen LogP contribution >= 0.6 is 20.2 Å². The van der Waals surface area contributed by atoms with E-state index in [2.05, 4.69) is 26.6 Å². The topological polar surface area (TPSA) is 87.8 Å². The number of halogens is 2. The fourth-order valence-electron chi connectivity index (χ4n) is 4.24. The Bertz CT molecular complexity index is 421. The molecule has 5 unspecified atom stereocenters. The van der Waals surface area contributed by atoms with Crippen molar-refractivity contribution in [1.82, 2.24) is 26.6 Å². The SMILES string of the molecule is COCC1CNC(COC)CNC(COC)CNC2CCCCC2NCCN1.[Cl][Mn][Cl]. The van der Waals surface area contributed by atoms with Crippen LogP contribution < -0.4 is 26.6 Å². The fourth-order valence-corrected chi connectivity index (χ4v) is 4.24. The standard InChI is InChI=1S/C20H43N5O3.2ClH.Mn/c1-26-13-16-10-23-17(14-27-2)11-24-18(15-28-3)12-25-20-7-5-4-6-19(20)22-9-8-21-16;;;/h16-25H,4-15H2,1-3H3;2*1H;/q;;;+2/p-2. The molecule has 2 fully saturated rings. The molecule has 0 radical (unpaired) electrons. The monoisotopic (exact) mass is 526 g/mol. The summed E-state index contributed by atoms with van der Waals surface area (Å²) in [7, 11) is 14.9. The Kier molecular flexibility index (Phi) is 19.4. The third-order valence-corrected chi connectivity index (χ3v) is 5.77. The number of rotatable bonds is 6. The quantitative estimate of drug-likeness (QED) is 0.323. The van der Waals surface area contributed by atoms with Gasteiger partial charge in [0.2, 0.25) is 0 Å². The third-order valence-electron chi connectivity index (χ3n) is 5.77. The van der Waals surface area contributed by atoms with Crippen LogP contribution in [0.4, 0.5) is 0 Å². The zero-order chi connectivity index (χ0) is 22.7. The normalized spacial score (nSPS) is 31.5. The summed E-state index contributed by atoms with van der Waals surface area (Å²) in [5.41, 5.74) is 0. The van der Waals surface area contributed by atoms with Crippen molar-refractivity contribution < 1.29 is 27.3 Å². The first-order chi connectivity index (χ1) is 15.2. The predicted molar refractivity (Wildman–Crippen MR) is 125 cm³/mol. The van der Waals surface area contributed by atoms with Crippen molar-refractivity contribution >= 4 is 20.2 Å². The van der Waals surface area contributed by atoms with Crippen molar-refractivity contribution in [2.45, 2.75) is 55.9 Å². The van der Waals surface area contributed by atoms with Gasteiger partial charge in [-0.1, -0.05) is 12.8 Å². The molecule has 1 saturated heterocycles. The van der Waals surface area contributed by atoms with Crippen LogP contribution in [0.25, 0.3) is 0 Å². The maximum atomic E-state index is 5.45. The third kappa shape index (κ3) is 13.9. The molecule has 0 aromatic heterocycles. The van der Waals surface area contributed by atoms with Gasteiger partial charge in [0.25, 0.3) is 0 Å². The van der Waals surface area contributed by atoms with Crippen LogP contribution in [0.15, 0.2) is 0 Å². The van der Waals surface area contributed by atoms with Crippen LogP contribution in [0.2, 0.25) is 0 Å². The number of hydrogen-bond donors (Lipinski definition) is 5. The van der Waals surface area contributed by atoms with E-state index in [1.165, 1.54) is 25.7 Å². The molecule has 1 heterocycles. The summed E-state index contributed by atoms with van der Waals surface area (Å²) >= 11 is 0.00694. The van der Waals surface area contributed by atoms with Crippen LogP contribution in [0, 0.1) is 0 Å². The Hall–Kier alpha value is 0.779. The molecule has 1 aliphatic heterocycles. The average Bonchev–Trinajstić information content (AvgIpc) is 2.77. The van der Waals surface area contributed by atoms with E-state index in [-0.39, 0.29) is 31.3 Å².